The van der Waals surface area contributed by atoms with E-state index in [1.165, 1.54) is 5.56 Å². The van der Waals surface area contributed by atoms with Gasteiger partial charge in [0.2, 0.25) is 0 Å². The van der Waals surface area contributed by atoms with E-state index in [1.54, 1.807) is 0 Å². The highest BCUT2D eigenvalue weighted by molar-refractivity contribution is 6.30. The van der Waals surface area contributed by atoms with Crippen molar-refractivity contribution in [1.29, 1.82) is 0 Å². The second-order valence-electron chi connectivity index (χ2n) is 5.80. The second-order valence-corrected chi connectivity index (χ2v) is 6.23. The van der Waals surface area contributed by atoms with Crippen molar-refractivity contribution < 1.29 is 0 Å². The Morgan fingerprint density at radius 2 is 1.84 bits per heavy atom. The van der Waals surface area contributed by atoms with Crippen LogP contribution in [0, 0.1) is 5.92 Å². The summed E-state index contributed by atoms with van der Waals surface area (Å²) in [5.41, 5.74) is 1.27. The van der Waals surface area contributed by atoms with Crippen LogP contribution in [-0.4, -0.2) is 31.1 Å². The van der Waals surface area contributed by atoms with Gasteiger partial charge in [-0.25, -0.2) is 0 Å². The highest BCUT2D eigenvalue weighted by Gasteiger charge is 2.17. The molecule has 0 radical (unpaired) electrons. The smallest absolute Gasteiger partial charge is 0.0409 e. The molecule has 0 heterocycles. The molecule has 1 rings (SSSR count). The molecule has 0 saturated heterocycles. The highest BCUT2D eigenvalue weighted by Crippen LogP contribution is 2.23. The first kappa shape index (κ1) is 16.5. The van der Waals surface area contributed by atoms with Crippen molar-refractivity contribution >= 4 is 11.6 Å². The zero-order valence-electron chi connectivity index (χ0n) is 12.8. The summed E-state index contributed by atoms with van der Waals surface area (Å²) in [6.45, 7) is 11.0. The van der Waals surface area contributed by atoms with Crippen molar-refractivity contribution in [3.8, 4) is 0 Å². The van der Waals surface area contributed by atoms with Gasteiger partial charge in [0, 0.05) is 23.7 Å². The van der Waals surface area contributed by atoms with E-state index in [1.807, 2.05) is 12.1 Å². The normalized spacial score (nSPS) is 14.9. The third-order valence-corrected chi connectivity index (χ3v) is 3.86. The van der Waals surface area contributed by atoms with Crippen LogP contribution >= 0.6 is 11.6 Å². The summed E-state index contributed by atoms with van der Waals surface area (Å²) in [4.78, 5) is 2.39. The third kappa shape index (κ3) is 5.52. The summed E-state index contributed by atoms with van der Waals surface area (Å²) in [6.07, 6.45) is 0. The fraction of sp³-hybridized carbons (Fsp3) is 0.625. The molecule has 0 aliphatic heterocycles. The summed E-state index contributed by atoms with van der Waals surface area (Å²) in [5, 5.41) is 4.32. The monoisotopic (exact) mass is 282 g/mol. The Hall–Kier alpha value is -0.570. The molecule has 0 bridgehead atoms. The number of likely N-dealkylation sites (N-methyl/N-ethyl adjacent to an activating group) is 1. The third-order valence-electron chi connectivity index (χ3n) is 3.63. The van der Waals surface area contributed by atoms with Crippen LogP contribution in [0.1, 0.15) is 39.3 Å². The molecule has 0 amide bonds. The molecule has 1 N–H and O–H groups in total. The van der Waals surface area contributed by atoms with Crippen LogP contribution in [0.4, 0.5) is 0 Å². The zero-order valence-corrected chi connectivity index (χ0v) is 13.5. The molecular weight excluding hydrogens is 256 g/mol. The minimum Gasteiger partial charge on any atom is -0.315 e. The molecule has 0 fully saturated rings. The zero-order chi connectivity index (χ0) is 14.4. The van der Waals surface area contributed by atoms with Crippen molar-refractivity contribution in [3.05, 3.63) is 34.9 Å². The number of nitrogens with one attached hydrogen (secondary N) is 1. The van der Waals surface area contributed by atoms with Crippen LogP contribution in [0.2, 0.25) is 5.02 Å². The quantitative estimate of drug-likeness (QED) is 0.814. The number of rotatable bonds is 7. The van der Waals surface area contributed by atoms with Crippen LogP contribution < -0.4 is 5.32 Å². The van der Waals surface area contributed by atoms with E-state index in [0.29, 0.717) is 18.0 Å². The maximum absolute atomic E-state index is 6.06. The van der Waals surface area contributed by atoms with Crippen molar-refractivity contribution in [2.75, 3.05) is 20.1 Å². The van der Waals surface area contributed by atoms with Gasteiger partial charge >= 0.3 is 0 Å². The Morgan fingerprint density at radius 3 is 2.42 bits per heavy atom. The predicted octanol–water partition coefficient (Wildman–Crippen LogP) is 3.97. The van der Waals surface area contributed by atoms with Gasteiger partial charge in [-0.15, -0.1) is 0 Å². The number of hydrogen-bond acceptors (Lipinski definition) is 2. The number of halogens is 1. The van der Waals surface area contributed by atoms with Crippen molar-refractivity contribution in [3.63, 3.8) is 0 Å². The van der Waals surface area contributed by atoms with E-state index in [-0.39, 0.29) is 0 Å². The molecule has 19 heavy (non-hydrogen) atoms. The van der Waals surface area contributed by atoms with Crippen LogP contribution in [0.15, 0.2) is 24.3 Å². The number of hydrogen-bond donors (Lipinski definition) is 1. The molecule has 2 unspecified atom stereocenters. The lowest BCUT2D eigenvalue weighted by Crippen LogP contribution is -2.40. The summed E-state index contributed by atoms with van der Waals surface area (Å²) in [6, 6.07) is 9.00. The molecule has 0 aromatic heterocycles. The van der Waals surface area contributed by atoms with E-state index in [9.17, 15) is 0 Å². The Morgan fingerprint density at radius 1 is 1.16 bits per heavy atom. The van der Waals surface area contributed by atoms with E-state index >= 15 is 0 Å². The van der Waals surface area contributed by atoms with E-state index < -0.39 is 0 Å². The van der Waals surface area contributed by atoms with Gasteiger partial charge < -0.3 is 5.32 Å². The fourth-order valence-electron chi connectivity index (χ4n) is 2.11. The van der Waals surface area contributed by atoms with Gasteiger partial charge in [0.15, 0.2) is 0 Å². The molecule has 1 aromatic carbocycles. The average molecular weight is 283 g/mol. The van der Waals surface area contributed by atoms with Gasteiger partial charge in [0.1, 0.15) is 0 Å². The largest absolute Gasteiger partial charge is 0.315 e. The summed E-state index contributed by atoms with van der Waals surface area (Å²) in [7, 11) is 2.17. The molecule has 0 aliphatic rings. The minimum absolute atomic E-state index is 0.370. The van der Waals surface area contributed by atoms with Gasteiger partial charge in [-0.05, 0) is 51.1 Å². The Kier molecular flexibility index (Phi) is 6.84. The molecular formula is C16H27ClN2. The number of nitrogens with zero attached hydrogens (tertiary/aromatic N) is 1. The van der Waals surface area contributed by atoms with Gasteiger partial charge in [-0.3, -0.25) is 4.90 Å². The highest BCUT2D eigenvalue weighted by atomic mass is 35.5. The average Bonchev–Trinajstić information content (AvgIpc) is 2.36. The van der Waals surface area contributed by atoms with Crippen molar-refractivity contribution in [2.45, 2.75) is 39.8 Å². The lowest BCUT2D eigenvalue weighted by molar-refractivity contribution is 0.192. The van der Waals surface area contributed by atoms with Crippen LogP contribution in [0.3, 0.4) is 0 Å². The van der Waals surface area contributed by atoms with Crippen molar-refractivity contribution in [1.82, 2.24) is 10.2 Å². The molecule has 0 spiro atoms. The molecule has 0 aliphatic carbocycles. The molecule has 108 valence electrons. The van der Waals surface area contributed by atoms with Gasteiger partial charge in [-0.2, -0.15) is 0 Å². The van der Waals surface area contributed by atoms with E-state index in [2.05, 4.69) is 57.1 Å². The van der Waals surface area contributed by atoms with E-state index in [0.717, 1.165) is 18.1 Å². The topological polar surface area (TPSA) is 15.3 Å². The first-order valence-electron chi connectivity index (χ1n) is 7.10. The molecule has 3 heteroatoms. The maximum atomic E-state index is 6.06. The Balaban J connectivity index is 2.53. The first-order chi connectivity index (χ1) is 8.91. The second kappa shape index (κ2) is 7.88. The molecule has 2 nitrogen and oxygen atoms in total. The standard InChI is InChI=1S/C16H27ClN2/c1-12(2)10-18-11-13(3)19(5)14(4)15-7-6-8-16(17)9-15/h6-9,12-14,18H,10-11H2,1-5H3. The lowest BCUT2D eigenvalue weighted by atomic mass is 10.1. The summed E-state index contributed by atoms with van der Waals surface area (Å²) < 4.78 is 0. The Labute approximate surface area is 123 Å². The maximum Gasteiger partial charge on any atom is 0.0409 e. The van der Waals surface area contributed by atoms with Gasteiger partial charge in [0.25, 0.3) is 0 Å². The predicted molar refractivity (Wildman–Crippen MR) is 84.8 cm³/mol. The van der Waals surface area contributed by atoms with Gasteiger partial charge in [0.05, 0.1) is 0 Å². The van der Waals surface area contributed by atoms with Crippen LogP contribution in [-0.2, 0) is 0 Å². The fourth-order valence-corrected chi connectivity index (χ4v) is 2.31. The summed E-state index contributed by atoms with van der Waals surface area (Å²) in [5.74, 6) is 0.697. The van der Waals surface area contributed by atoms with Crippen LogP contribution in [0.5, 0.6) is 0 Å². The molecule has 1 aromatic rings. The van der Waals surface area contributed by atoms with E-state index in [4.69, 9.17) is 11.6 Å². The first-order valence-corrected chi connectivity index (χ1v) is 7.47. The van der Waals surface area contributed by atoms with Crippen molar-refractivity contribution in [2.24, 2.45) is 5.92 Å². The van der Waals surface area contributed by atoms with Gasteiger partial charge in [-0.1, -0.05) is 37.6 Å². The SMILES string of the molecule is CC(C)CNCC(C)N(C)C(C)c1cccc(Cl)c1. The number of benzene rings is 1. The minimum atomic E-state index is 0.370. The summed E-state index contributed by atoms with van der Waals surface area (Å²) >= 11 is 6.06. The van der Waals surface area contributed by atoms with Crippen LogP contribution in [0.25, 0.3) is 0 Å². The molecule has 0 saturated carbocycles. The Bertz CT molecular complexity index is 379. The lowest BCUT2D eigenvalue weighted by Gasteiger charge is -2.31. The molecule has 2 atom stereocenters.